The zero-order valence-corrected chi connectivity index (χ0v) is 13.0. The second-order valence-corrected chi connectivity index (χ2v) is 5.03. The molecule has 1 amide bonds. The molecule has 0 spiro atoms. The Morgan fingerprint density at radius 3 is 2.64 bits per heavy atom. The number of hydrogen-bond acceptors (Lipinski definition) is 3. The van der Waals surface area contributed by atoms with Crippen LogP contribution in [0.15, 0.2) is 48.7 Å². The zero-order valence-electron chi connectivity index (χ0n) is 13.0. The van der Waals surface area contributed by atoms with Gasteiger partial charge in [-0.05, 0) is 31.5 Å². The molecule has 5 heteroatoms. The van der Waals surface area contributed by atoms with E-state index in [0.717, 1.165) is 12.2 Å². The number of aromatic nitrogens is 1. The first kappa shape index (κ1) is 15.8. The number of carbonyl (C=O) groups excluding carboxylic acids is 1. The van der Waals surface area contributed by atoms with Crippen LogP contribution in [0.5, 0.6) is 0 Å². The minimum Gasteiger partial charge on any atom is -0.618 e. The summed E-state index contributed by atoms with van der Waals surface area (Å²) in [6.45, 7) is 6.18. The van der Waals surface area contributed by atoms with Crippen LogP contribution in [0.4, 0.5) is 5.69 Å². The molecule has 1 N–H and O–H groups in total. The molecule has 0 aliphatic heterocycles. The number of likely N-dealkylation sites (N-methyl/N-ethyl adjacent to an activating group) is 1. The maximum absolute atomic E-state index is 12.0. The Labute approximate surface area is 130 Å². The Hall–Kier alpha value is -2.56. The maximum atomic E-state index is 12.0. The summed E-state index contributed by atoms with van der Waals surface area (Å²) in [4.78, 5) is 14.2. The van der Waals surface area contributed by atoms with Crippen LogP contribution in [0.2, 0.25) is 0 Å². The monoisotopic (exact) mass is 299 g/mol. The normalized spacial score (nSPS) is 10.3. The first-order valence-electron chi connectivity index (χ1n) is 7.40. The van der Waals surface area contributed by atoms with Gasteiger partial charge in [0.15, 0.2) is 6.20 Å². The van der Waals surface area contributed by atoms with Crippen molar-refractivity contribution in [3.8, 4) is 0 Å². The van der Waals surface area contributed by atoms with Crippen molar-refractivity contribution in [3.05, 3.63) is 65.1 Å². The molecule has 0 atom stereocenters. The lowest BCUT2D eigenvalue weighted by molar-refractivity contribution is -0.607. The number of pyridine rings is 1. The van der Waals surface area contributed by atoms with E-state index in [1.807, 2.05) is 12.1 Å². The summed E-state index contributed by atoms with van der Waals surface area (Å²) in [7, 11) is 0. The lowest BCUT2D eigenvalue weighted by Crippen LogP contribution is -2.41. The molecule has 22 heavy (non-hydrogen) atoms. The molecule has 0 bridgehead atoms. The van der Waals surface area contributed by atoms with Crippen molar-refractivity contribution in [1.29, 1.82) is 0 Å². The Balaban J connectivity index is 1.94. The molecule has 116 valence electrons. The number of anilines is 1. The number of carbonyl (C=O) groups is 1. The van der Waals surface area contributed by atoms with Gasteiger partial charge in [0.2, 0.25) is 0 Å². The molecule has 1 heterocycles. The Kier molecular flexibility index (Phi) is 5.36. The molecule has 5 nitrogen and oxygen atoms in total. The third kappa shape index (κ3) is 3.75. The predicted octanol–water partition coefficient (Wildman–Crippen LogP) is 1.88. The van der Waals surface area contributed by atoms with Gasteiger partial charge in [0.25, 0.3) is 5.69 Å². The number of hydrogen-bond donors (Lipinski definition) is 1. The van der Waals surface area contributed by atoms with Gasteiger partial charge in [-0.25, -0.2) is 0 Å². The second-order valence-electron chi connectivity index (χ2n) is 5.03. The molecule has 0 radical (unpaired) electrons. The van der Waals surface area contributed by atoms with Gasteiger partial charge in [0, 0.05) is 37.5 Å². The molecule has 0 saturated carbocycles. The van der Waals surface area contributed by atoms with Crippen molar-refractivity contribution in [2.75, 3.05) is 24.5 Å². The van der Waals surface area contributed by atoms with Gasteiger partial charge >= 0.3 is 5.91 Å². The van der Waals surface area contributed by atoms with Crippen LogP contribution >= 0.6 is 0 Å². The lowest BCUT2D eigenvalue weighted by atomic mass is 10.2. The minimum atomic E-state index is -0.351. The number of nitrogens with one attached hydrogen (secondary N) is 1. The number of amides is 1. The van der Waals surface area contributed by atoms with E-state index in [-0.39, 0.29) is 11.6 Å². The molecule has 1 aromatic carbocycles. The number of nitrogens with zero attached hydrogens (tertiary/aromatic N) is 2. The summed E-state index contributed by atoms with van der Waals surface area (Å²) in [5.74, 6) is -0.351. The molecular formula is C17H21N3O2. The second kappa shape index (κ2) is 7.45. The van der Waals surface area contributed by atoms with Gasteiger partial charge < -0.3 is 15.4 Å². The van der Waals surface area contributed by atoms with Crippen LogP contribution in [0.1, 0.15) is 23.0 Å². The van der Waals surface area contributed by atoms with Crippen molar-refractivity contribution in [3.63, 3.8) is 0 Å². The Morgan fingerprint density at radius 1 is 1.23 bits per heavy atom. The third-order valence-electron chi connectivity index (χ3n) is 3.56. The SMILES string of the molecule is CCN(CCNC(=O)c1cccc[n+]1[O-])c1ccccc1C. The van der Waals surface area contributed by atoms with E-state index < -0.39 is 0 Å². The van der Waals surface area contributed by atoms with Gasteiger partial charge in [0.1, 0.15) is 0 Å². The molecule has 0 saturated heterocycles. The van der Waals surface area contributed by atoms with E-state index in [9.17, 15) is 10.0 Å². The van der Waals surface area contributed by atoms with Crippen LogP contribution in [0.3, 0.4) is 0 Å². The molecular weight excluding hydrogens is 278 g/mol. The van der Waals surface area contributed by atoms with Crippen LogP contribution in [-0.4, -0.2) is 25.5 Å². The van der Waals surface area contributed by atoms with Crippen molar-refractivity contribution >= 4 is 11.6 Å². The van der Waals surface area contributed by atoms with Gasteiger partial charge in [0.05, 0.1) is 0 Å². The molecule has 0 fully saturated rings. The van der Waals surface area contributed by atoms with Gasteiger partial charge in [-0.1, -0.05) is 18.2 Å². The number of benzene rings is 1. The van der Waals surface area contributed by atoms with Crippen molar-refractivity contribution in [2.45, 2.75) is 13.8 Å². The Morgan fingerprint density at radius 2 is 1.95 bits per heavy atom. The zero-order chi connectivity index (χ0) is 15.9. The van der Waals surface area contributed by atoms with Crippen LogP contribution in [0, 0.1) is 12.1 Å². The highest BCUT2D eigenvalue weighted by Crippen LogP contribution is 2.18. The topological polar surface area (TPSA) is 59.3 Å². The van der Waals surface area contributed by atoms with Crippen molar-refractivity contribution in [2.24, 2.45) is 0 Å². The lowest BCUT2D eigenvalue weighted by Gasteiger charge is -2.24. The summed E-state index contributed by atoms with van der Waals surface area (Å²) in [6, 6.07) is 13.0. The summed E-state index contributed by atoms with van der Waals surface area (Å²) in [6.07, 6.45) is 1.32. The molecule has 2 rings (SSSR count). The molecule has 0 aliphatic rings. The van der Waals surface area contributed by atoms with E-state index in [1.54, 1.807) is 12.1 Å². The highest BCUT2D eigenvalue weighted by Gasteiger charge is 2.14. The van der Waals surface area contributed by atoms with Gasteiger partial charge in [-0.3, -0.25) is 4.79 Å². The summed E-state index contributed by atoms with van der Waals surface area (Å²) in [5.41, 5.74) is 2.48. The molecule has 2 aromatic rings. The molecule has 1 aromatic heterocycles. The quantitative estimate of drug-likeness (QED) is 0.654. The highest BCUT2D eigenvalue weighted by molar-refractivity contribution is 5.90. The van der Waals surface area contributed by atoms with E-state index in [0.29, 0.717) is 17.8 Å². The smallest absolute Gasteiger partial charge is 0.317 e. The summed E-state index contributed by atoms with van der Waals surface area (Å²) < 4.78 is 0.578. The minimum absolute atomic E-state index is 0.112. The fourth-order valence-electron chi connectivity index (χ4n) is 2.37. The summed E-state index contributed by atoms with van der Waals surface area (Å²) in [5, 5.41) is 14.3. The molecule has 0 aliphatic carbocycles. The predicted molar refractivity (Wildman–Crippen MR) is 86.8 cm³/mol. The first-order valence-corrected chi connectivity index (χ1v) is 7.40. The third-order valence-corrected chi connectivity index (χ3v) is 3.56. The van der Waals surface area contributed by atoms with E-state index in [2.05, 4.69) is 36.2 Å². The van der Waals surface area contributed by atoms with E-state index in [1.165, 1.54) is 17.8 Å². The summed E-state index contributed by atoms with van der Waals surface area (Å²) >= 11 is 0. The van der Waals surface area contributed by atoms with Crippen LogP contribution in [0.25, 0.3) is 0 Å². The van der Waals surface area contributed by atoms with Crippen molar-refractivity contribution < 1.29 is 9.52 Å². The van der Waals surface area contributed by atoms with Gasteiger partial charge in [-0.15, -0.1) is 0 Å². The Bertz CT molecular complexity index is 643. The number of rotatable bonds is 6. The van der Waals surface area contributed by atoms with Gasteiger partial charge in [-0.2, -0.15) is 4.73 Å². The number of aryl methyl sites for hydroxylation is 1. The largest absolute Gasteiger partial charge is 0.618 e. The highest BCUT2D eigenvalue weighted by atomic mass is 16.5. The van der Waals surface area contributed by atoms with E-state index in [4.69, 9.17) is 0 Å². The van der Waals surface area contributed by atoms with Crippen LogP contribution in [-0.2, 0) is 0 Å². The fourth-order valence-corrected chi connectivity index (χ4v) is 2.37. The average Bonchev–Trinajstić information content (AvgIpc) is 2.53. The number of para-hydroxylation sites is 1. The van der Waals surface area contributed by atoms with Crippen LogP contribution < -0.4 is 14.9 Å². The average molecular weight is 299 g/mol. The maximum Gasteiger partial charge on any atom is 0.317 e. The fraction of sp³-hybridized carbons (Fsp3) is 0.294. The molecule has 0 unspecified atom stereocenters. The van der Waals surface area contributed by atoms with Crippen molar-refractivity contribution in [1.82, 2.24) is 5.32 Å². The van der Waals surface area contributed by atoms with E-state index >= 15 is 0 Å². The first-order chi connectivity index (χ1) is 10.6. The standard InChI is InChI=1S/C17H21N3O2/c1-3-19(15-9-5-4-8-14(15)2)13-11-18-17(21)16-10-6-7-12-20(16)22/h4-10,12H,3,11,13H2,1-2H3,(H,18,21).